The lowest BCUT2D eigenvalue weighted by Crippen LogP contribution is -2.44. The van der Waals surface area contributed by atoms with E-state index in [0.29, 0.717) is 6.04 Å². The number of aliphatic imine (C=N–C) groups is 1. The first-order valence-corrected chi connectivity index (χ1v) is 11.2. The Morgan fingerprint density at radius 2 is 1.84 bits per heavy atom. The predicted molar refractivity (Wildman–Crippen MR) is 141 cm³/mol. The molecule has 0 radical (unpaired) electrons. The van der Waals surface area contributed by atoms with E-state index in [2.05, 4.69) is 73.7 Å². The number of anilines is 2. The molecule has 0 amide bonds. The molecule has 2 aromatic rings. The van der Waals surface area contributed by atoms with Crippen molar-refractivity contribution in [3.8, 4) is 0 Å². The van der Waals surface area contributed by atoms with Gasteiger partial charge in [-0.25, -0.2) is 4.98 Å². The zero-order valence-corrected chi connectivity index (χ0v) is 21.0. The van der Waals surface area contributed by atoms with E-state index in [1.165, 1.54) is 36.1 Å². The van der Waals surface area contributed by atoms with Gasteiger partial charge in [0.2, 0.25) is 0 Å². The van der Waals surface area contributed by atoms with Crippen LogP contribution in [0, 0.1) is 6.92 Å². The highest BCUT2D eigenvalue weighted by Gasteiger charge is 2.23. The number of guanidine groups is 1. The Hall–Kier alpha value is -2.03. The summed E-state index contributed by atoms with van der Waals surface area (Å²) >= 11 is 0. The number of rotatable bonds is 5. The molecule has 0 bridgehead atoms. The topological polar surface area (TPSA) is 55.8 Å². The SMILES string of the molecule is CN=C(NCc1ccnc(N2CCCCC2)c1)NC1CCN(c2ccc(C)cc2)C1.I. The number of hydrogen-bond donors (Lipinski definition) is 2. The fourth-order valence-corrected chi connectivity index (χ4v) is 4.31. The van der Waals surface area contributed by atoms with Gasteiger partial charge < -0.3 is 20.4 Å². The van der Waals surface area contributed by atoms with Crippen molar-refractivity contribution in [2.24, 2.45) is 4.99 Å². The van der Waals surface area contributed by atoms with E-state index in [4.69, 9.17) is 0 Å². The molecule has 1 atom stereocenters. The number of pyridine rings is 1. The second-order valence-corrected chi connectivity index (χ2v) is 8.41. The lowest BCUT2D eigenvalue weighted by molar-refractivity contribution is 0.573. The van der Waals surface area contributed by atoms with E-state index in [9.17, 15) is 0 Å². The van der Waals surface area contributed by atoms with Crippen LogP contribution in [0.5, 0.6) is 0 Å². The summed E-state index contributed by atoms with van der Waals surface area (Å²) < 4.78 is 0. The molecule has 7 heteroatoms. The van der Waals surface area contributed by atoms with E-state index in [0.717, 1.165) is 50.9 Å². The van der Waals surface area contributed by atoms with Crippen molar-refractivity contribution in [1.29, 1.82) is 0 Å². The largest absolute Gasteiger partial charge is 0.369 e. The van der Waals surface area contributed by atoms with Crippen LogP contribution in [-0.2, 0) is 6.54 Å². The molecule has 4 rings (SSSR count). The molecule has 0 saturated carbocycles. The third-order valence-corrected chi connectivity index (χ3v) is 6.10. The smallest absolute Gasteiger partial charge is 0.191 e. The van der Waals surface area contributed by atoms with Crippen molar-refractivity contribution < 1.29 is 0 Å². The molecule has 2 fully saturated rings. The molecule has 1 aromatic carbocycles. The van der Waals surface area contributed by atoms with E-state index in [1.807, 2.05) is 13.2 Å². The first-order chi connectivity index (χ1) is 14.7. The Morgan fingerprint density at radius 3 is 2.58 bits per heavy atom. The average Bonchev–Trinajstić information content (AvgIpc) is 3.26. The van der Waals surface area contributed by atoms with Crippen molar-refractivity contribution in [2.75, 3.05) is 43.0 Å². The fraction of sp³-hybridized carbons (Fsp3) is 0.500. The van der Waals surface area contributed by atoms with Crippen molar-refractivity contribution in [1.82, 2.24) is 15.6 Å². The molecule has 1 unspecified atom stereocenters. The maximum atomic E-state index is 4.58. The Bertz CT molecular complexity index is 847. The Balaban J connectivity index is 0.00000272. The summed E-state index contributed by atoms with van der Waals surface area (Å²) in [5.74, 6) is 1.96. The number of aryl methyl sites for hydroxylation is 1. The first kappa shape index (κ1) is 23.6. The first-order valence-electron chi connectivity index (χ1n) is 11.2. The van der Waals surface area contributed by atoms with Gasteiger partial charge in [0.25, 0.3) is 0 Å². The lowest BCUT2D eigenvalue weighted by atomic mass is 10.1. The lowest BCUT2D eigenvalue weighted by Gasteiger charge is -2.28. The summed E-state index contributed by atoms with van der Waals surface area (Å²) in [5, 5.41) is 7.08. The standard InChI is InChI=1S/C24H34N6.HI/c1-19-6-8-22(9-7-19)30-15-11-21(18-30)28-24(25-2)27-17-20-10-12-26-23(16-20)29-13-4-3-5-14-29;/h6-10,12,16,21H,3-5,11,13-15,17-18H2,1-2H3,(H2,25,27,28);1H. The van der Waals surface area contributed by atoms with Crippen molar-refractivity contribution in [3.05, 3.63) is 53.7 Å². The van der Waals surface area contributed by atoms with Gasteiger partial charge in [0.15, 0.2) is 5.96 Å². The Morgan fingerprint density at radius 1 is 1.06 bits per heavy atom. The van der Waals surface area contributed by atoms with Crippen LogP contribution in [0.15, 0.2) is 47.6 Å². The summed E-state index contributed by atoms with van der Waals surface area (Å²) in [6, 6.07) is 13.5. The molecule has 0 spiro atoms. The molecule has 3 heterocycles. The monoisotopic (exact) mass is 534 g/mol. The molecule has 0 aliphatic carbocycles. The number of nitrogens with zero attached hydrogens (tertiary/aromatic N) is 4. The summed E-state index contributed by atoms with van der Waals surface area (Å²) in [4.78, 5) is 13.9. The summed E-state index contributed by atoms with van der Waals surface area (Å²) in [6.45, 7) is 7.18. The van der Waals surface area contributed by atoms with E-state index in [-0.39, 0.29) is 24.0 Å². The summed E-state index contributed by atoms with van der Waals surface area (Å²) in [5.41, 5.74) is 3.84. The number of benzene rings is 1. The van der Waals surface area contributed by atoms with Gasteiger partial charge in [0.05, 0.1) is 0 Å². The number of piperidine rings is 1. The minimum absolute atomic E-state index is 0. The van der Waals surface area contributed by atoms with Crippen molar-refractivity contribution >= 4 is 41.4 Å². The number of hydrogen-bond acceptors (Lipinski definition) is 4. The Kier molecular flexibility index (Phi) is 8.80. The van der Waals surface area contributed by atoms with Crippen LogP contribution in [0.3, 0.4) is 0 Å². The van der Waals surface area contributed by atoms with Crippen LogP contribution < -0.4 is 20.4 Å². The van der Waals surface area contributed by atoms with E-state index in [1.54, 1.807) is 0 Å². The molecular formula is C24H35IN6. The van der Waals surface area contributed by atoms with Crippen LogP contribution in [0.2, 0.25) is 0 Å². The molecular weight excluding hydrogens is 499 g/mol. The Labute approximate surface area is 203 Å². The van der Waals surface area contributed by atoms with Crippen molar-refractivity contribution in [2.45, 2.75) is 45.2 Å². The van der Waals surface area contributed by atoms with Crippen LogP contribution >= 0.6 is 24.0 Å². The molecule has 168 valence electrons. The van der Waals surface area contributed by atoms with Gasteiger partial charge in [-0.05, 0) is 62.4 Å². The fourth-order valence-electron chi connectivity index (χ4n) is 4.31. The zero-order chi connectivity index (χ0) is 20.8. The number of halogens is 1. The van der Waals surface area contributed by atoms with Gasteiger partial charge in [0, 0.05) is 57.7 Å². The summed E-state index contributed by atoms with van der Waals surface area (Å²) in [6.07, 6.45) is 6.90. The third-order valence-electron chi connectivity index (χ3n) is 6.10. The molecule has 2 aliphatic heterocycles. The maximum absolute atomic E-state index is 4.58. The van der Waals surface area contributed by atoms with E-state index >= 15 is 0 Å². The molecule has 2 aliphatic rings. The van der Waals surface area contributed by atoms with Gasteiger partial charge in [-0.2, -0.15) is 0 Å². The van der Waals surface area contributed by atoms with Gasteiger partial charge in [-0.15, -0.1) is 24.0 Å². The molecule has 31 heavy (non-hydrogen) atoms. The second kappa shape index (κ2) is 11.5. The van der Waals surface area contributed by atoms with E-state index < -0.39 is 0 Å². The van der Waals surface area contributed by atoms with Crippen LogP contribution in [0.25, 0.3) is 0 Å². The molecule has 6 nitrogen and oxygen atoms in total. The molecule has 2 N–H and O–H groups in total. The number of aromatic nitrogens is 1. The predicted octanol–water partition coefficient (Wildman–Crippen LogP) is 3.94. The summed E-state index contributed by atoms with van der Waals surface area (Å²) in [7, 11) is 1.84. The van der Waals surface area contributed by atoms with Gasteiger partial charge >= 0.3 is 0 Å². The van der Waals surface area contributed by atoms with Gasteiger partial charge in [0.1, 0.15) is 5.82 Å². The number of nitrogens with one attached hydrogen (secondary N) is 2. The van der Waals surface area contributed by atoms with Crippen molar-refractivity contribution in [3.63, 3.8) is 0 Å². The average molecular weight is 534 g/mol. The highest BCUT2D eigenvalue weighted by molar-refractivity contribution is 14.0. The van der Waals surface area contributed by atoms with Crippen LogP contribution in [-0.4, -0.2) is 50.2 Å². The van der Waals surface area contributed by atoms with Gasteiger partial charge in [-0.1, -0.05) is 17.7 Å². The zero-order valence-electron chi connectivity index (χ0n) is 18.7. The maximum Gasteiger partial charge on any atom is 0.191 e. The van der Waals surface area contributed by atoms with Gasteiger partial charge in [-0.3, -0.25) is 4.99 Å². The second-order valence-electron chi connectivity index (χ2n) is 8.41. The molecule has 1 aromatic heterocycles. The normalized spacial score (nSPS) is 19.2. The quantitative estimate of drug-likeness (QED) is 0.346. The third kappa shape index (κ3) is 6.48. The highest BCUT2D eigenvalue weighted by atomic mass is 127. The minimum Gasteiger partial charge on any atom is -0.369 e. The minimum atomic E-state index is 0. The highest BCUT2D eigenvalue weighted by Crippen LogP contribution is 2.21. The van der Waals surface area contributed by atoms with Crippen LogP contribution in [0.1, 0.15) is 36.8 Å². The van der Waals surface area contributed by atoms with Crippen LogP contribution in [0.4, 0.5) is 11.5 Å². The molecule has 2 saturated heterocycles.